The second-order valence-corrected chi connectivity index (χ2v) is 6.48. The molecule has 1 amide bonds. The van der Waals surface area contributed by atoms with Crippen LogP contribution in [0.2, 0.25) is 0 Å². The van der Waals surface area contributed by atoms with Crippen molar-refractivity contribution in [1.82, 2.24) is 10.3 Å². The third-order valence-electron chi connectivity index (χ3n) is 4.36. The fraction of sp³-hybridized carbons (Fsp3) is 0.316. The van der Waals surface area contributed by atoms with Crippen LogP contribution < -0.4 is 14.8 Å². The van der Waals surface area contributed by atoms with Gasteiger partial charge in [0.2, 0.25) is 0 Å². The Hall–Kier alpha value is -3.09. The van der Waals surface area contributed by atoms with E-state index in [4.69, 9.17) is 14.6 Å². The summed E-state index contributed by atoms with van der Waals surface area (Å²) in [5.74, 6) is 0.526. The Labute approximate surface area is 150 Å². The highest BCUT2D eigenvalue weighted by Gasteiger charge is 2.26. The van der Waals surface area contributed by atoms with Crippen LogP contribution in [0.1, 0.15) is 35.3 Å². The van der Waals surface area contributed by atoms with E-state index in [1.807, 2.05) is 6.07 Å². The molecule has 1 aliphatic heterocycles. The predicted octanol–water partition coefficient (Wildman–Crippen LogP) is 2.54. The minimum Gasteiger partial charge on any atom is -0.479 e. The molecular formula is C19H18N2O5. The number of carbonyl (C=O) groups excluding carboxylic acids is 1. The van der Waals surface area contributed by atoms with E-state index in [0.717, 1.165) is 18.4 Å². The van der Waals surface area contributed by atoms with E-state index in [1.54, 1.807) is 24.3 Å². The Morgan fingerprint density at radius 1 is 1.15 bits per heavy atom. The van der Waals surface area contributed by atoms with Crippen molar-refractivity contribution in [2.75, 3.05) is 0 Å². The summed E-state index contributed by atoms with van der Waals surface area (Å²) in [5, 5.41) is 11.9. The van der Waals surface area contributed by atoms with Crippen LogP contribution in [0.4, 0.5) is 0 Å². The summed E-state index contributed by atoms with van der Waals surface area (Å²) in [4.78, 5) is 27.2. The van der Waals surface area contributed by atoms with Crippen LogP contribution in [0.25, 0.3) is 0 Å². The van der Waals surface area contributed by atoms with Gasteiger partial charge in [-0.05, 0) is 55.5 Å². The number of hydrogen-bond acceptors (Lipinski definition) is 5. The number of carbonyl (C=O) groups is 2. The van der Waals surface area contributed by atoms with Gasteiger partial charge in [0.05, 0.1) is 0 Å². The lowest BCUT2D eigenvalue weighted by molar-refractivity contribution is -0.145. The standard InChI is InChI=1S/C19H18N2O5/c22-18(21-12-2-3-12)15-10-14(7-8-20-15)25-13-4-6-16-11(9-13)1-5-17(26-16)19(23)24/h4,6-10,12,17H,1-3,5H2,(H,21,22)(H,23,24). The lowest BCUT2D eigenvalue weighted by atomic mass is 10.0. The fourth-order valence-corrected chi connectivity index (χ4v) is 2.82. The number of carboxylic acid groups (broad SMARTS) is 1. The maximum Gasteiger partial charge on any atom is 0.344 e. The number of fused-ring (bicyclic) bond motifs is 1. The first kappa shape index (κ1) is 16.4. The number of ether oxygens (including phenoxy) is 2. The van der Waals surface area contributed by atoms with E-state index >= 15 is 0 Å². The highest BCUT2D eigenvalue weighted by molar-refractivity contribution is 5.93. The normalized spacial score (nSPS) is 18.4. The number of nitrogens with zero attached hydrogens (tertiary/aromatic N) is 1. The first-order valence-electron chi connectivity index (χ1n) is 8.55. The Morgan fingerprint density at radius 2 is 1.96 bits per heavy atom. The third kappa shape index (κ3) is 3.61. The third-order valence-corrected chi connectivity index (χ3v) is 4.36. The van der Waals surface area contributed by atoms with Gasteiger partial charge in [-0.25, -0.2) is 4.79 Å². The minimum atomic E-state index is -0.954. The molecule has 1 aromatic carbocycles. The Bertz CT molecular complexity index is 863. The van der Waals surface area contributed by atoms with Crippen molar-refractivity contribution in [3.63, 3.8) is 0 Å². The molecule has 1 saturated carbocycles. The van der Waals surface area contributed by atoms with E-state index in [0.29, 0.717) is 35.8 Å². The second kappa shape index (κ2) is 6.67. The number of aryl methyl sites for hydroxylation is 1. The molecule has 0 saturated heterocycles. The van der Waals surface area contributed by atoms with Crippen molar-refractivity contribution in [2.45, 2.75) is 37.8 Å². The first-order chi connectivity index (χ1) is 12.6. The zero-order valence-corrected chi connectivity index (χ0v) is 14.0. The summed E-state index contributed by atoms with van der Waals surface area (Å²) in [7, 11) is 0. The number of aromatic nitrogens is 1. The van der Waals surface area contributed by atoms with E-state index in [9.17, 15) is 9.59 Å². The lowest BCUT2D eigenvalue weighted by Crippen LogP contribution is -2.30. The topological polar surface area (TPSA) is 97.8 Å². The van der Waals surface area contributed by atoms with E-state index < -0.39 is 12.1 Å². The highest BCUT2D eigenvalue weighted by atomic mass is 16.5. The molecule has 2 heterocycles. The quantitative estimate of drug-likeness (QED) is 0.856. The number of nitrogens with one attached hydrogen (secondary N) is 1. The maximum atomic E-state index is 12.1. The molecule has 2 aliphatic rings. The number of pyridine rings is 1. The summed E-state index contributed by atoms with van der Waals surface area (Å²) in [6.07, 6.45) is 3.79. The van der Waals surface area contributed by atoms with Crippen LogP contribution in [-0.2, 0) is 11.2 Å². The Kier molecular flexibility index (Phi) is 4.20. The first-order valence-corrected chi connectivity index (χ1v) is 8.55. The molecule has 4 rings (SSSR count). The zero-order chi connectivity index (χ0) is 18.1. The van der Waals surface area contributed by atoms with Gasteiger partial charge in [-0.15, -0.1) is 0 Å². The van der Waals surface area contributed by atoms with Gasteiger partial charge < -0.3 is 19.9 Å². The molecule has 0 bridgehead atoms. The van der Waals surface area contributed by atoms with Gasteiger partial charge in [0.15, 0.2) is 6.10 Å². The molecule has 134 valence electrons. The Morgan fingerprint density at radius 3 is 2.73 bits per heavy atom. The average Bonchev–Trinajstić information content (AvgIpc) is 3.45. The molecule has 0 spiro atoms. The van der Waals surface area contributed by atoms with Crippen molar-refractivity contribution in [1.29, 1.82) is 0 Å². The number of hydrogen-bond donors (Lipinski definition) is 2. The van der Waals surface area contributed by atoms with Crippen molar-refractivity contribution >= 4 is 11.9 Å². The number of rotatable bonds is 5. The predicted molar refractivity (Wildman–Crippen MR) is 91.6 cm³/mol. The molecule has 2 aromatic rings. The highest BCUT2D eigenvalue weighted by Crippen LogP contribution is 2.33. The fourth-order valence-electron chi connectivity index (χ4n) is 2.82. The van der Waals surface area contributed by atoms with Crippen molar-refractivity contribution in [3.8, 4) is 17.2 Å². The minimum absolute atomic E-state index is 0.198. The molecule has 1 aromatic heterocycles. The van der Waals surface area contributed by atoms with Crippen molar-refractivity contribution in [3.05, 3.63) is 47.8 Å². The monoisotopic (exact) mass is 354 g/mol. The second-order valence-electron chi connectivity index (χ2n) is 6.48. The number of aliphatic carboxylic acids is 1. The Balaban J connectivity index is 1.47. The van der Waals surface area contributed by atoms with Gasteiger partial charge in [-0.3, -0.25) is 9.78 Å². The molecule has 0 radical (unpaired) electrons. The molecule has 7 nitrogen and oxygen atoms in total. The molecule has 1 atom stereocenters. The smallest absolute Gasteiger partial charge is 0.344 e. The SMILES string of the molecule is O=C(NC1CC1)c1cc(Oc2ccc3c(c2)CCC(C(=O)O)O3)ccn1. The molecule has 26 heavy (non-hydrogen) atoms. The molecule has 7 heteroatoms. The van der Waals surface area contributed by atoms with E-state index in [1.165, 1.54) is 6.20 Å². The summed E-state index contributed by atoms with van der Waals surface area (Å²) in [6.45, 7) is 0. The van der Waals surface area contributed by atoms with Gasteiger partial charge in [0, 0.05) is 18.3 Å². The van der Waals surface area contributed by atoms with Gasteiger partial charge >= 0.3 is 5.97 Å². The molecule has 1 aliphatic carbocycles. The summed E-state index contributed by atoms with van der Waals surface area (Å²) >= 11 is 0. The van der Waals surface area contributed by atoms with E-state index in [-0.39, 0.29) is 11.9 Å². The van der Waals surface area contributed by atoms with Crippen LogP contribution >= 0.6 is 0 Å². The van der Waals surface area contributed by atoms with Crippen LogP contribution in [0.5, 0.6) is 17.2 Å². The number of amides is 1. The molecule has 1 unspecified atom stereocenters. The van der Waals surface area contributed by atoms with Gasteiger partial charge in [0.25, 0.3) is 5.91 Å². The van der Waals surface area contributed by atoms with Gasteiger partial charge in [-0.2, -0.15) is 0 Å². The lowest BCUT2D eigenvalue weighted by Gasteiger charge is -2.23. The summed E-state index contributed by atoms with van der Waals surface area (Å²) in [5.41, 5.74) is 1.22. The van der Waals surface area contributed by atoms with Crippen LogP contribution in [0, 0.1) is 0 Å². The molecule has 2 N–H and O–H groups in total. The zero-order valence-electron chi connectivity index (χ0n) is 14.0. The van der Waals surface area contributed by atoms with Crippen LogP contribution in [0.3, 0.4) is 0 Å². The maximum absolute atomic E-state index is 12.1. The van der Waals surface area contributed by atoms with Crippen LogP contribution in [0.15, 0.2) is 36.5 Å². The van der Waals surface area contributed by atoms with Crippen molar-refractivity contribution in [2.24, 2.45) is 0 Å². The summed E-state index contributed by atoms with van der Waals surface area (Å²) in [6, 6.07) is 8.81. The summed E-state index contributed by atoms with van der Waals surface area (Å²) < 4.78 is 11.3. The van der Waals surface area contributed by atoms with E-state index in [2.05, 4.69) is 10.3 Å². The number of carboxylic acids is 1. The van der Waals surface area contributed by atoms with Crippen LogP contribution in [-0.4, -0.2) is 34.1 Å². The van der Waals surface area contributed by atoms with Crippen molar-refractivity contribution < 1.29 is 24.2 Å². The average molecular weight is 354 g/mol. The molecule has 1 fully saturated rings. The number of benzene rings is 1. The van der Waals surface area contributed by atoms with Gasteiger partial charge in [0.1, 0.15) is 22.9 Å². The largest absolute Gasteiger partial charge is 0.479 e. The molecular weight excluding hydrogens is 336 g/mol. The van der Waals surface area contributed by atoms with Gasteiger partial charge in [-0.1, -0.05) is 0 Å².